The molecule has 0 fully saturated rings. The summed E-state index contributed by atoms with van der Waals surface area (Å²) in [5, 5.41) is 0.109. The fraction of sp³-hybridized carbons (Fsp3) is 0.250. The van der Waals surface area contributed by atoms with Gasteiger partial charge < -0.3 is 0 Å². The second-order valence-corrected chi connectivity index (χ2v) is 7.62. The molecule has 15 heavy (non-hydrogen) atoms. The average molecular weight is 308 g/mol. The first-order chi connectivity index (χ1) is 6.62. The Morgan fingerprint density at radius 2 is 1.73 bits per heavy atom. The van der Waals surface area contributed by atoms with Crippen LogP contribution < -0.4 is 0 Å². The summed E-state index contributed by atoms with van der Waals surface area (Å²) in [4.78, 5) is 0.0884. The minimum atomic E-state index is -3.30. The Balaban J connectivity index is 3.34. The van der Waals surface area contributed by atoms with Crippen LogP contribution >= 0.6 is 46.4 Å². The Labute approximate surface area is 108 Å². The van der Waals surface area contributed by atoms with Crippen LogP contribution in [0.25, 0.3) is 0 Å². The average Bonchev–Trinajstić information content (AvgIpc) is 1.99. The van der Waals surface area contributed by atoms with Gasteiger partial charge in [-0.15, -0.1) is 0 Å². The Kier molecular flexibility index (Phi) is 3.84. The summed E-state index contributed by atoms with van der Waals surface area (Å²) in [5.74, 6) is 0. The van der Waals surface area contributed by atoms with E-state index >= 15 is 0 Å². The SMILES string of the molecule is CS(=O)(=O)c1ccc(C(Cl)(Cl)Cl)c(Cl)c1. The molecule has 0 aromatic heterocycles. The highest BCUT2D eigenvalue weighted by molar-refractivity contribution is 7.90. The molecular weight excluding hydrogens is 302 g/mol. The Bertz CT molecular complexity index is 476. The largest absolute Gasteiger partial charge is 0.224 e. The molecule has 0 aliphatic carbocycles. The van der Waals surface area contributed by atoms with Crippen molar-refractivity contribution in [2.45, 2.75) is 8.69 Å². The number of hydrogen-bond acceptors (Lipinski definition) is 2. The van der Waals surface area contributed by atoms with E-state index in [0.717, 1.165) is 6.26 Å². The van der Waals surface area contributed by atoms with E-state index in [4.69, 9.17) is 46.4 Å². The third-order valence-corrected chi connectivity index (χ3v) is 3.71. The van der Waals surface area contributed by atoms with Crippen molar-refractivity contribution in [3.8, 4) is 0 Å². The maximum Gasteiger partial charge on any atom is 0.217 e. The number of alkyl halides is 3. The lowest BCUT2D eigenvalue weighted by molar-refractivity contribution is 0.602. The van der Waals surface area contributed by atoms with Crippen molar-refractivity contribution >= 4 is 56.2 Å². The highest BCUT2D eigenvalue weighted by atomic mass is 35.6. The third kappa shape index (κ3) is 3.40. The lowest BCUT2D eigenvalue weighted by Gasteiger charge is -2.13. The standard InChI is InChI=1S/C8H6Cl4O2S/c1-15(13,14)5-2-3-6(7(9)4-5)8(10,11)12/h2-4H,1H3. The van der Waals surface area contributed by atoms with E-state index in [1.165, 1.54) is 18.2 Å². The van der Waals surface area contributed by atoms with Crippen molar-refractivity contribution in [1.29, 1.82) is 0 Å². The van der Waals surface area contributed by atoms with Gasteiger partial charge in [0.15, 0.2) is 9.84 Å². The first-order valence-corrected chi connectivity index (χ1v) is 7.09. The molecule has 0 heterocycles. The van der Waals surface area contributed by atoms with Crippen LogP contribution in [0.5, 0.6) is 0 Å². The molecule has 7 heteroatoms. The highest BCUT2D eigenvalue weighted by Gasteiger charge is 2.26. The molecule has 1 aromatic rings. The van der Waals surface area contributed by atoms with Gasteiger partial charge in [-0.2, -0.15) is 0 Å². The van der Waals surface area contributed by atoms with Gasteiger partial charge in [0.2, 0.25) is 3.79 Å². The summed E-state index contributed by atoms with van der Waals surface area (Å²) >= 11 is 22.7. The quantitative estimate of drug-likeness (QED) is 0.743. The Morgan fingerprint density at radius 1 is 1.20 bits per heavy atom. The van der Waals surface area contributed by atoms with Crippen LogP contribution in [0.3, 0.4) is 0 Å². The molecule has 0 aliphatic rings. The van der Waals surface area contributed by atoms with E-state index < -0.39 is 13.6 Å². The molecule has 0 bridgehead atoms. The lowest BCUT2D eigenvalue weighted by atomic mass is 10.2. The van der Waals surface area contributed by atoms with Crippen LogP contribution in [0, 0.1) is 0 Å². The summed E-state index contributed by atoms with van der Waals surface area (Å²) in [5.41, 5.74) is 0.251. The number of rotatable bonds is 1. The van der Waals surface area contributed by atoms with E-state index in [9.17, 15) is 8.42 Å². The lowest BCUT2D eigenvalue weighted by Crippen LogP contribution is -2.03. The van der Waals surface area contributed by atoms with Gasteiger partial charge in [-0.25, -0.2) is 8.42 Å². The first kappa shape index (κ1) is 13.4. The molecule has 0 saturated carbocycles. The molecule has 1 rings (SSSR count). The van der Waals surface area contributed by atoms with Crippen molar-refractivity contribution < 1.29 is 8.42 Å². The molecule has 0 spiro atoms. The van der Waals surface area contributed by atoms with Crippen LogP contribution in [0.1, 0.15) is 5.56 Å². The molecule has 0 amide bonds. The number of halogens is 4. The second kappa shape index (κ2) is 4.30. The summed E-state index contributed by atoms with van der Waals surface area (Å²) in [6.07, 6.45) is 1.08. The Morgan fingerprint density at radius 3 is 2.07 bits per heavy atom. The summed E-state index contributed by atoms with van der Waals surface area (Å²) in [6, 6.07) is 3.98. The van der Waals surface area contributed by atoms with Crippen molar-refractivity contribution in [3.63, 3.8) is 0 Å². The minimum absolute atomic E-state index is 0.0884. The summed E-state index contributed by atoms with van der Waals surface area (Å²) in [6.45, 7) is 0. The van der Waals surface area contributed by atoms with Gasteiger partial charge in [-0.1, -0.05) is 52.5 Å². The predicted molar refractivity (Wildman–Crippen MR) is 63.8 cm³/mol. The number of hydrogen-bond donors (Lipinski definition) is 0. The summed E-state index contributed by atoms with van der Waals surface area (Å²) in [7, 11) is -3.30. The van der Waals surface area contributed by atoms with Gasteiger partial charge >= 0.3 is 0 Å². The fourth-order valence-corrected chi connectivity index (χ4v) is 2.63. The second-order valence-electron chi connectivity index (χ2n) is 2.91. The molecule has 0 radical (unpaired) electrons. The molecule has 0 aliphatic heterocycles. The summed E-state index contributed by atoms with van der Waals surface area (Å²) < 4.78 is 20.7. The van der Waals surface area contributed by atoms with Gasteiger partial charge in [0.1, 0.15) is 0 Å². The zero-order chi connectivity index (χ0) is 11.9. The van der Waals surface area contributed by atoms with Crippen molar-refractivity contribution in [3.05, 3.63) is 28.8 Å². The van der Waals surface area contributed by atoms with Crippen LogP contribution in [0.15, 0.2) is 23.1 Å². The molecular formula is C8H6Cl4O2S. The molecule has 0 saturated heterocycles. The van der Waals surface area contributed by atoms with E-state index in [0.29, 0.717) is 0 Å². The maximum atomic E-state index is 11.2. The molecule has 1 aromatic carbocycles. The van der Waals surface area contributed by atoms with E-state index in [2.05, 4.69) is 0 Å². The van der Waals surface area contributed by atoms with Gasteiger partial charge in [-0.05, 0) is 12.1 Å². The molecule has 0 unspecified atom stereocenters. The van der Waals surface area contributed by atoms with Crippen molar-refractivity contribution in [1.82, 2.24) is 0 Å². The van der Waals surface area contributed by atoms with Crippen LogP contribution in [-0.2, 0) is 13.6 Å². The van der Waals surface area contributed by atoms with E-state index in [1.807, 2.05) is 0 Å². The third-order valence-electron chi connectivity index (χ3n) is 1.67. The smallest absolute Gasteiger partial charge is 0.217 e. The van der Waals surface area contributed by atoms with Crippen LogP contribution in [-0.4, -0.2) is 14.7 Å². The molecule has 2 nitrogen and oxygen atoms in total. The topological polar surface area (TPSA) is 34.1 Å². The monoisotopic (exact) mass is 306 g/mol. The zero-order valence-corrected chi connectivity index (χ0v) is 11.3. The fourth-order valence-electron chi connectivity index (χ4n) is 0.956. The number of benzene rings is 1. The molecule has 0 N–H and O–H groups in total. The predicted octanol–water partition coefficient (Wildman–Crippen LogP) is 3.57. The zero-order valence-electron chi connectivity index (χ0n) is 7.47. The minimum Gasteiger partial charge on any atom is -0.224 e. The Hall–Kier alpha value is 0.330. The van der Waals surface area contributed by atoms with Crippen molar-refractivity contribution in [2.24, 2.45) is 0 Å². The van der Waals surface area contributed by atoms with Gasteiger partial charge in [0.05, 0.1) is 4.90 Å². The van der Waals surface area contributed by atoms with Crippen LogP contribution in [0.4, 0.5) is 0 Å². The highest BCUT2D eigenvalue weighted by Crippen LogP contribution is 2.42. The van der Waals surface area contributed by atoms with Crippen molar-refractivity contribution in [2.75, 3.05) is 6.26 Å². The van der Waals surface area contributed by atoms with Gasteiger partial charge in [0.25, 0.3) is 0 Å². The van der Waals surface area contributed by atoms with Gasteiger partial charge in [0, 0.05) is 16.8 Å². The normalized spacial score (nSPS) is 12.9. The number of sulfone groups is 1. The van der Waals surface area contributed by atoms with Crippen LogP contribution in [0.2, 0.25) is 5.02 Å². The first-order valence-electron chi connectivity index (χ1n) is 3.69. The molecule has 84 valence electrons. The molecule has 0 atom stereocenters. The maximum absolute atomic E-state index is 11.2. The van der Waals surface area contributed by atoms with E-state index in [1.54, 1.807) is 0 Å². The van der Waals surface area contributed by atoms with Gasteiger partial charge in [-0.3, -0.25) is 0 Å². The van der Waals surface area contributed by atoms with E-state index in [-0.39, 0.29) is 15.5 Å².